The smallest absolute Gasteiger partial charge is 0.231 e. The molecule has 4 rings (SSSR count). The molecule has 25 heavy (non-hydrogen) atoms. The fourth-order valence-corrected chi connectivity index (χ4v) is 3.12. The summed E-state index contributed by atoms with van der Waals surface area (Å²) < 4.78 is 10.6. The van der Waals surface area contributed by atoms with E-state index in [0.717, 1.165) is 5.56 Å². The standard InChI is InChI=1S/C19H18N2O4/c22-18-8-14(11-21(18)10-13-4-2-1-3-5-13)19(23)20-15-6-7-16-17(9-15)25-12-24-16/h1-7,9,14H,8,10-12H2,(H,20,23). The van der Waals surface area contributed by atoms with E-state index in [4.69, 9.17) is 9.47 Å². The lowest BCUT2D eigenvalue weighted by Gasteiger charge is -2.16. The average molecular weight is 338 g/mol. The quantitative estimate of drug-likeness (QED) is 0.929. The van der Waals surface area contributed by atoms with Gasteiger partial charge in [-0.25, -0.2) is 0 Å². The summed E-state index contributed by atoms with van der Waals surface area (Å²) in [5.41, 5.74) is 1.70. The lowest BCUT2D eigenvalue weighted by atomic mass is 10.1. The normalized spacial score (nSPS) is 18.5. The summed E-state index contributed by atoms with van der Waals surface area (Å²) in [6.07, 6.45) is 0.239. The van der Waals surface area contributed by atoms with E-state index in [1.165, 1.54) is 0 Å². The summed E-state index contributed by atoms with van der Waals surface area (Å²) in [5, 5.41) is 2.87. The van der Waals surface area contributed by atoms with Crippen LogP contribution >= 0.6 is 0 Å². The maximum absolute atomic E-state index is 12.5. The van der Waals surface area contributed by atoms with Crippen LogP contribution in [0.2, 0.25) is 0 Å². The van der Waals surface area contributed by atoms with E-state index in [1.54, 1.807) is 23.1 Å². The third-order valence-corrected chi connectivity index (χ3v) is 4.44. The molecule has 1 saturated heterocycles. The van der Waals surface area contributed by atoms with Crippen LogP contribution < -0.4 is 14.8 Å². The Labute approximate surface area is 145 Å². The molecule has 2 aromatic carbocycles. The lowest BCUT2D eigenvalue weighted by molar-refractivity contribution is -0.128. The highest BCUT2D eigenvalue weighted by atomic mass is 16.7. The number of ether oxygens (including phenoxy) is 2. The van der Waals surface area contributed by atoms with Crippen LogP contribution in [0.1, 0.15) is 12.0 Å². The summed E-state index contributed by atoms with van der Waals surface area (Å²) in [6.45, 7) is 1.16. The number of amides is 2. The molecule has 0 spiro atoms. The fraction of sp³-hybridized carbons (Fsp3) is 0.263. The maximum Gasteiger partial charge on any atom is 0.231 e. The molecule has 1 unspecified atom stereocenters. The van der Waals surface area contributed by atoms with Gasteiger partial charge in [0, 0.05) is 31.3 Å². The van der Waals surface area contributed by atoms with Crippen molar-refractivity contribution in [2.45, 2.75) is 13.0 Å². The van der Waals surface area contributed by atoms with Crippen molar-refractivity contribution in [1.29, 1.82) is 0 Å². The Morgan fingerprint density at radius 1 is 1.12 bits per heavy atom. The van der Waals surface area contributed by atoms with Crippen LogP contribution in [0.3, 0.4) is 0 Å². The first-order chi connectivity index (χ1) is 12.2. The topological polar surface area (TPSA) is 67.9 Å². The van der Waals surface area contributed by atoms with Crippen LogP contribution in [0, 0.1) is 5.92 Å². The molecule has 2 aliphatic heterocycles. The van der Waals surface area contributed by atoms with Crippen molar-refractivity contribution < 1.29 is 19.1 Å². The molecule has 0 bridgehead atoms. The van der Waals surface area contributed by atoms with Gasteiger partial charge in [-0.3, -0.25) is 9.59 Å². The molecule has 6 heteroatoms. The number of likely N-dealkylation sites (tertiary alicyclic amines) is 1. The predicted octanol–water partition coefficient (Wildman–Crippen LogP) is 2.40. The van der Waals surface area contributed by atoms with Gasteiger partial charge in [0.05, 0.1) is 5.92 Å². The number of fused-ring (bicyclic) bond motifs is 1. The highest BCUT2D eigenvalue weighted by molar-refractivity contribution is 5.97. The van der Waals surface area contributed by atoms with Crippen LogP contribution in [-0.2, 0) is 16.1 Å². The van der Waals surface area contributed by atoms with E-state index in [1.807, 2.05) is 30.3 Å². The Bertz CT molecular complexity index is 806. The molecule has 2 heterocycles. The maximum atomic E-state index is 12.5. The fourth-order valence-electron chi connectivity index (χ4n) is 3.12. The van der Waals surface area contributed by atoms with E-state index in [9.17, 15) is 9.59 Å². The lowest BCUT2D eigenvalue weighted by Crippen LogP contribution is -2.28. The van der Waals surface area contributed by atoms with Crippen LogP contribution in [0.5, 0.6) is 11.5 Å². The van der Waals surface area contributed by atoms with Gasteiger partial charge in [0.1, 0.15) is 0 Å². The Kier molecular flexibility index (Phi) is 4.01. The number of anilines is 1. The molecular formula is C19H18N2O4. The molecule has 6 nitrogen and oxygen atoms in total. The van der Waals surface area contributed by atoms with E-state index in [0.29, 0.717) is 30.3 Å². The van der Waals surface area contributed by atoms with E-state index >= 15 is 0 Å². The Morgan fingerprint density at radius 2 is 1.92 bits per heavy atom. The second-order valence-corrected chi connectivity index (χ2v) is 6.22. The zero-order valence-corrected chi connectivity index (χ0v) is 13.6. The highest BCUT2D eigenvalue weighted by Crippen LogP contribution is 2.34. The number of hydrogen-bond donors (Lipinski definition) is 1. The molecule has 128 valence electrons. The first kappa shape index (κ1) is 15.5. The highest BCUT2D eigenvalue weighted by Gasteiger charge is 2.34. The zero-order chi connectivity index (χ0) is 17.2. The van der Waals surface area contributed by atoms with Crippen molar-refractivity contribution in [2.24, 2.45) is 5.92 Å². The Balaban J connectivity index is 1.39. The zero-order valence-electron chi connectivity index (χ0n) is 13.6. The van der Waals surface area contributed by atoms with Crippen molar-refractivity contribution in [2.75, 3.05) is 18.7 Å². The second kappa shape index (κ2) is 6.47. The molecule has 1 N–H and O–H groups in total. The second-order valence-electron chi connectivity index (χ2n) is 6.22. The third-order valence-electron chi connectivity index (χ3n) is 4.44. The van der Waals surface area contributed by atoms with Gasteiger partial charge < -0.3 is 19.7 Å². The first-order valence-corrected chi connectivity index (χ1v) is 8.21. The number of benzene rings is 2. The van der Waals surface area contributed by atoms with Gasteiger partial charge in [-0.2, -0.15) is 0 Å². The number of nitrogens with zero attached hydrogens (tertiary/aromatic N) is 1. The van der Waals surface area contributed by atoms with Gasteiger partial charge in [-0.05, 0) is 17.7 Å². The molecule has 2 amide bonds. The van der Waals surface area contributed by atoms with Gasteiger partial charge in [-0.1, -0.05) is 30.3 Å². The molecule has 0 aliphatic carbocycles. The summed E-state index contributed by atoms with van der Waals surface area (Å²) in [4.78, 5) is 26.4. The number of carbonyl (C=O) groups excluding carboxylic acids is 2. The van der Waals surface area contributed by atoms with Gasteiger partial charge in [-0.15, -0.1) is 0 Å². The molecule has 1 atom stereocenters. The SMILES string of the molecule is O=C(Nc1ccc2c(c1)OCO2)C1CC(=O)N(Cc2ccccc2)C1. The summed E-state index contributed by atoms with van der Waals surface area (Å²) in [5.74, 6) is 0.799. The van der Waals surface area contributed by atoms with Crippen LogP contribution in [0.25, 0.3) is 0 Å². The van der Waals surface area contributed by atoms with E-state index in [2.05, 4.69) is 5.32 Å². The van der Waals surface area contributed by atoms with Crippen molar-refractivity contribution in [3.63, 3.8) is 0 Å². The number of hydrogen-bond acceptors (Lipinski definition) is 4. The van der Waals surface area contributed by atoms with Crippen LogP contribution in [-0.4, -0.2) is 30.1 Å². The molecule has 2 aliphatic rings. The summed E-state index contributed by atoms with van der Waals surface area (Å²) in [7, 11) is 0. The first-order valence-electron chi connectivity index (χ1n) is 8.21. The largest absolute Gasteiger partial charge is 0.454 e. The molecular weight excluding hydrogens is 320 g/mol. The summed E-state index contributed by atoms with van der Waals surface area (Å²) >= 11 is 0. The minimum Gasteiger partial charge on any atom is -0.454 e. The minimum absolute atomic E-state index is 0.00897. The third kappa shape index (κ3) is 3.28. The number of carbonyl (C=O) groups is 2. The van der Waals surface area contributed by atoms with E-state index < -0.39 is 0 Å². The van der Waals surface area contributed by atoms with Gasteiger partial charge >= 0.3 is 0 Å². The van der Waals surface area contributed by atoms with Crippen molar-refractivity contribution >= 4 is 17.5 Å². The van der Waals surface area contributed by atoms with Crippen molar-refractivity contribution in [3.05, 3.63) is 54.1 Å². The molecule has 1 fully saturated rings. The van der Waals surface area contributed by atoms with Crippen LogP contribution in [0.4, 0.5) is 5.69 Å². The minimum atomic E-state index is -0.346. The van der Waals surface area contributed by atoms with Crippen molar-refractivity contribution in [3.8, 4) is 11.5 Å². The number of nitrogens with one attached hydrogen (secondary N) is 1. The van der Waals surface area contributed by atoms with Gasteiger partial charge in [0.25, 0.3) is 0 Å². The van der Waals surface area contributed by atoms with E-state index in [-0.39, 0.29) is 30.9 Å². The monoisotopic (exact) mass is 338 g/mol. The molecule has 0 radical (unpaired) electrons. The average Bonchev–Trinajstić information content (AvgIpc) is 3.22. The Hall–Kier alpha value is -3.02. The van der Waals surface area contributed by atoms with Gasteiger partial charge in [0.15, 0.2) is 11.5 Å². The molecule has 0 aromatic heterocycles. The molecule has 2 aromatic rings. The molecule has 0 saturated carbocycles. The van der Waals surface area contributed by atoms with Gasteiger partial charge in [0.2, 0.25) is 18.6 Å². The van der Waals surface area contributed by atoms with Crippen LogP contribution in [0.15, 0.2) is 48.5 Å². The Morgan fingerprint density at radius 3 is 2.76 bits per heavy atom. The number of rotatable bonds is 4. The summed E-state index contributed by atoms with van der Waals surface area (Å²) in [6, 6.07) is 15.1. The predicted molar refractivity (Wildman–Crippen MR) is 91.2 cm³/mol. The van der Waals surface area contributed by atoms with Crippen molar-refractivity contribution in [1.82, 2.24) is 4.90 Å².